The fourth-order valence-corrected chi connectivity index (χ4v) is 2.55. The predicted octanol–water partition coefficient (Wildman–Crippen LogP) is 4.08. The van der Waals surface area contributed by atoms with Crippen molar-refractivity contribution in [3.05, 3.63) is 45.8 Å². The summed E-state index contributed by atoms with van der Waals surface area (Å²) in [6, 6.07) is 8.98. The molecule has 0 saturated carbocycles. The number of thiophene rings is 1. The van der Waals surface area contributed by atoms with E-state index in [4.69, 9.17) is 16.7 Å². The Kier molecular flexibility index (Phi) is 2.99. The van der Waals surface area contributed by atoms with Crippen LogP contribution in [0.25, 0.3) is 10.4 Å². The molecule has 0 aliphatic rings. The van der Waals surface area contributed by atoms with Crippen LogP contribution in [0.4, 0.5) is 0 Å². The van der Waals surface area contributed by atoms with Crippen LogP contribution in [0.2, 0.25) is 4.34 Å². The molecule has 1 N–H and O–H groups in total. The standard InChI is InChI=1S/C12H9ClO2S/c1-7-4-8(6-9(5-7)12(14)15)10-2-3-11(13)16-10/h2-6H,1H3,(H,14,15). The van der Waals surface area contributed by atoms with Crippen LogP contribution in [-0.4, -0.2) is 11.1 Å². The van der Waals surface area contributed by atoms with E-state index in [1.165, 1.54) is 11.3 Å². The Labute approximate surface area is 102 Å². The van der Waals surface area contributed by atoms with Gasteiger partial charge >= 0.3 is 5.97 Å². The van der Waals surface area contributed by atoms with E-state index in [1.54, 1.807) is 12.1 Å². The summed E-state index contributed by atoms with van der Waals surface area (Å²) in [5, 5.41) is 8.96. The minimum atomic E-state index is -0.910. The number of benzene rings is 1. The quantitative estimate of drug-likeness (QED) is 0.875. The van der Waals surface area contributed by atoms with Gasteiger partial charge in [-0.05, 0) is 42.3 Å². The zero-order valence-corrected chi connectivity index (χ0v) is 10.1. The smallest absolute Gasteiger partial charge is 0.335 e. The molecule has 4 heteroatoms. The molecule has 1 heterocycles. The zero-order chi connectivity index (χ0) is 11.7. The van der Waals surface area contributed by atoms with E-state index in [1.807, 2.05) is 25.1 Å². The normalized spacial score (nSPS) is 10.4. The monoisotopic (exact) mass is 252 g/mol. The first-order valence-electron chi connectivity index (χ1n) is 4.67. The summed E-state index contributed by atoms with van der Waals surface area (Å²) in [7, 11) is 0. The third-order valence-electron chi connectivity index (χ3n) is 2.18. The molecule has 2 rings (SSSR count). The van der Waals surface area contributed by atoms with Gasteiger partial charge in [0.1, 0.15) is 0 Å². The van der Waals surface area contributed by atoms with E-state index in [0.717, 1.165) is 16.0 Å². The molecular weight excluding hydrogens is 244 g/mol. The summed E-state index contributed by atoms with van der Waals surface area (Å²) in [6.07, 6.45) is 0. The van der Waals surface area contributed by atoms with Gasteiger partial charge < -0.3 is 5.11 Å². The lowest BCUT2D eigenvalue weighted by molar-refractivity contribution is 0.0697. The number of aromatic carboxylic acids is 1. The van der Waals surface area contributed by atoms with E-state index in [9.17, 15) is 4.79 Å². The molecule has 0 aliphatic heterocycles. The number of carboxylic acid groups (broad SMARTS) is 1. The second-order valence-corrected chi connectivity index (χ2v) is 5.21. The highest BCUT2D eigenvalue weighted by atomic mass is 35.5. The van der Waals surface area contributed by atoms with Crippen molar-refractivity contribution in [1.82, 2.24) is 0 Å². The van der Waals surface area contributed by atoms with Gasteiger partial charge in [-0.25, -0.2) is 4.79 Å². The molecule has 0 unspecified atom stereocenters. The highest BCUT2D eigenvalue weighted by Crippen LogP contribution is 2.32. The van der Waals surface area contributed by atoms with Gasteiger partial charge in [-0.1, -0.05) is 17.7 Å². The van der Waals surface area contributed by atoms with Gasteiger partial charge in [-0.2, -0.15) is 0 Å². The van der Waals surface area contributed by atoms with Crippen LogP contribution in [0.15, 0.2) is 30.3 Å². The Morgan fingerprint density at radius 3 is 2.62 bits per heavy atom. The fraction of sp³-hybridized carbons (Fsp3) is 0.0833. The van der Waals surface area contributed by atoms with E-state index >= 15 is 0 Å². The van der Waals surface area contributed by atoms with Crippen molar-refractivity contribution < 1.29 is 9.90 Å². The van der Waals surface area contributed by atoms with Crippen molar-refractivity contribution in [1.29, 1.82) is 0 Å². The number of carboxylic acids is 1. The minimum Gasteiger partial charge on any atom is -0.478 e. The maximum Gasteiger partial charge on any atom is 0.335 e. The first-order valence-corrected chi connectivity index (χ1v) is 5.86. The van der Waals surface area contributed by atoms with Gasteiger partial charge in [0.25, 0.3) is 0 Å². The number of aryl methyl sites for hydroxylation is 1. The van der Waals surface area contributed by atoms with E-state index in [-0.39, 0.29) is 0 Å². The SMILES string of the molecule is Cc1cc(C(=O)O)cc(-c2ccc(Cl)s2)c1. The summed E-state index contributed by atoms with van der Waals surface area (Å²) >= 11 is 7.30. The molecule has 2 nitrogen and oxygen atoms in total. The second-order valence-electron chi connectivity index (χ2n) is 3.50. The second kappa shape index (κ2) is 4.28. The summed E-state index contributed by atoms with van der Waals surface area (Å²) in [5.41, 5.74) is 2.13. The molecule has 0 spiro atoms. The lowest BCUT2D eigenvalue weighted by atomic mass is 10.1. The Bertz CT molecular complexity index is 546. The molecule has 0 aliphatic carbocycles. The van der Waals surface area contributed by atoms with E-state index in [0.29, 0.717) is 9.90 Å². The molecule has 82 valence electrons. The van der Waals surface area contributed by atoms with Crippen LogP contribution in [0.5, 0.6) is 0 Å². The van der Waals surface area contributed by atoms with Crippen LogP contribution >= 0.6 is 22.9 Å². The molecule has 0 atom stereocenters. The lowest BCUT2D eigenvalue weighted by Crippen LogP contribution is -1.96. The van der Waals surface area contributed by atoms with Gasteiger partial charge in [0.2, 0.25) is 0 Å². The number of carbonyl (C=O) groups is 1. The maximum absolute atomic E-state index is 10.9. The van der Waals surface area contributed by atoms with Crippen LogP contribution in [-0.2, 0) is 0 Å². The third-order valence-corrected chi connectivity index (χ3v) is 3.46. The van der Waals surface area contributed by atoms with Crippen molar-refractivity contribution >= 4 is 28.9 Å². The number of hydrogen-bond donors (Lipinski definition) is 1. The van der Waals surface area contributed by atoms with Gasteiger partial charge in [-0.3, -0.25) is 0 Å². The van der Waals surface area contributed by atoms with Gasteiger partial charge in [0.15, 0.2) is 0 Å². The van der Waals surface area contributed by atoms with Crippen molar-refractivity contribution in [3.63, 3.8) is 0 Å². The Morgan fingerprint density at radius 1 is 1.31 bits per heavy atom. The highest BCUT2D eigenvalue weighted by Gasteiger charge is 2.08. The highest BCUT2D eigenvalue weighted by molar-refractivity contribution is 7.19. The van der Waals surface area contributed by atoms with Crippen molar-refractivity contribution in [2.45, 2.75) is 6.92 Å². The number of rotatable bonds is 2. The molecule has 0 amide bonds. The Balaban J connectivity index is 2.53. The predicted molar refractivity (Wildman–Crippen MR) is 66.5 cm³/mol. The third kappa shape index (κ3) is 2.26. The van der Waals surface area contributed by atoms with Crippen molar-refractivity contribution in [2.75, 3.05) is 0 Å². The largest absolute Gasteiger partial charge is 0.478 e. The van der Waals surface area contributed by atoms with E-state index in [2.05, 4.69) is 0 Å². The molecule has 2 aromatic rings. The molecule has 0 fully saturated rings. The fourth-order valence-electron chi connectivity index (χ4n) is 1.52. The van der Waals surface area contributed by atoms with E-state index < -0.39 is 5.97 Å². The van der Waals surface area contributed by atoms with Crippen LogP contribution in [0.1, 0.15) is 15.9 Å². The lowest BCUT2D eigenvalue weighted by Gasteiger charge is -2.02. The van der Waals surface area contributed by atoms with Gasteiger partial charge in [-0.15, -0.1) is 11.3 Å². The molecule has 16 heavy (non-hydrogen) atoms. The number of hydrogen-bond acceptors (Lipinski definition) is 2. The number of halogens is 1. The summed E-state index contributed by atoms with van der Waals surface area (Å²) in [4.78, 5) is 11.9. The molecule has 0 bridgehead atoms. The Hall–Kier alpha value is -1.32. The van der Waals surface area contributed by atoms with Crippen LogP contribution in [0.3, 0.4) is 0 Å². The zero-order valence-electron chi connectivity index (χ0n) is 8.53. The minimum absolute atomic E-state index is 0.305. The molecule has 0 saturated heterocycles. The summed E-state index contributed by atoms with van der Waals surface area (Å²) in [6.45, 7) is 1.88. The van der Waals surface area contributed by atoms with Crippen LogP contribution < -0.4 is 0 Å². The average Bonchev–Trinajstić information content (AvgIpc) is 2.64. The molecule has 1 aromatic heterocycles. The first kappa shape index (κ1) is 11.2. The van der Waals surface area contributed by atoms with Crippen molar-refractivity contribution in [2.24, 2.45) is 0 Å². The molecule has 0 radical (unpaired) electrons. The topological polar surface area (TPSA) is 37.3 Å². The first-order chi connectivity index (χ1) is 7.56. The van der Waals surface area contributed by atoms with Gasteiger partial charge in [0, 0.05) is 4.88 Å². The van der Waals surface area contributed by atoms with Crippen LogP contribution in [0, 0.1) is 6.92 Å². The van der Waals surface area contributed by atoms with Gasteiger partial charge in [0.05, 0.1) is 9.90 Å². The Morgan fingerprint density at radius 2 is 2.06 bits per heavy atom. The molecular formula is C12H9ClO2S. The molecule has 1 aromatic carbocycles. The average molecular weight is 253 g/mol. The van der Waals surface area contributed by atoms with Crippen molar-refractivity contribution in [3.8, 4) is 10.4 Å². The summed E-state index contributed by atoms with van der Waals surface area (Å²) < 4.78 is 0.702. The summed E-state index contributed by atoms with van der Waals surface area (Å²) in [5.74, 6) is -0.910. The maximum atomic E-state index is 10.9.